The second-order valence-corrected chi connectivity index (χ2v) is 9.00. The minimum atomic E-state index is -0.671. The van der Waals surface area contributed by atoms with E-state index in [2.05, 4.69) is 10.6 Å². The van der Waals surface area contributed by atoms with Crippen LogP contribution in [0.2, 0.25) is 0 Å². The Kier molecular flexibility index (Phi) is 8.45. The van der Waals surface area contributed by atoms with Crippen molar-refractivity contribution in [1.82, 2.24) is 5.32 Å². The van der Waals surface area contributed by atoms with Crippen LogP contribution in [0.3, 0.4) is 0 Å². The zero-order chi connectivity index (χ0) is 22.2. The van der Waals surface area contributed by atoms with Crippen LogP contribution < -0.4 is 10.6 Å². The van der Waals surface area contributed by atoms with E-state index in [9.17, 15) is 19.2 Å². The Morgan fingerprint density at radius 1 is 1.00 bits per heavy atom. The Hall–Kier alpha value is -2.42. The van der Waals surface area contributed by atoms with Gasteiger partial charge in [0, 0.05) is 10.8 Å². The number of carbonyl (C=O) groups is 4. The molecule has 2 aliphatic carbocycles. The van der Waals surface area contributed by atoms with Gasteiger partial charge in [0.2, 0.25) is 5.91 Å². The lowest BCUT2D eigenvalue weighted by Gasteiger charge is -2.20. The quantitative estimate of drug-likeness (QED) is 0.589. The maximum absolute atomic E-state index is 12.4. The van der Waals surface area contributed by atoms with Crippen molar-refractivity contribution < 1.29 is 28.7 Å². The second kappa shape index (κ2) is 11.3. The van der Waals surface area contributed by atoms with Gasteiger partial charge in [0.25, 0.3) is 5.91 Å². The first-order valence-electron chi connectivity index (χ1n) is 11.0. The van der Waals surface area contributed by atoms with Gasteiger partial charge in [0.05, 0.1) is 12.2 Å². The monoisotopic (exact) mass is 450 g/mol. The zero-order valence-electron chi connectivity index (χ0n) is 17.9. The van der Waals surface area contributed by atoms with Crippen LogP contribution in [0.1, 0.15) is 72.7 Å². The molecule has 0 radical (unpaired) electrons. The maximum atomic E-state index is 12.4. The molecule has 0 saturated heterocycles. The molecule has 2 amide bonds. The standard InChI is InChI=1S/C22H30N2O6S/c1-2-29-22(28)19-15-10-6-7-11-16(15)31-21(19)24-17(25)13-30-18(26)12-23-20(27)14-8-4-3-5-9-14/h14H,2-13H2,1H3,(H,23,27)(H,24,25). The van der Waals surface area contributed by atoms with E-state index in [1.165, 1.54) is 11.3 Å². The molecule has 2 aliphatic rings. The zero-order valence-corrected chi connectivity index (χ0v) is 18.7. The fraction of sp³-hybridized carbons (Fsp3) is 0.636. The summed E-state index contributed by atoms with van der Waals surface area (Å²) in [6.45, 7) is 1.25. The number of thiophene rings is 1. The molecule has 31 heavy (non-hydrogen) atoms. The number of ether oxygens (including phenoxy) is 2. The van der Waals surface area contributed by atoms with Gasteiger partial charge < -0.3 is 20.1 Å². The van der Waals surface area contributed by atoms with E-state index >= 15 is 0 Å². The molecule has 1 fully saturated rings. The van der Waals surface area contributed by atoms with Crippen molar-refractivity contribution in [3.8, 4) is 0 Å². The summed E-state index contributed by atoms with van der Waals surface area (Å²) in [5.74, 6) is -1.83. The molecule has 1 heterocycles. The van der Waals surface area contributed by atoms with Crippen LogP contribution in [0.15, 0.2) is 0 Å². The van der Waals surface area contributed by atoms with E-state index in [1.807, 2.05) is 0 Å². The molecule has 2 N–H and O–H groups in total. The van der Waals surface area contributed by atoms with Crippen molar-refractivity contribution >= 4 is 40.1 Å². The topological polar surface area (TPSA) is 111 Å². The van der Waals surface area contributed by atoms with E-state index in [4.69, 9.17) is 9.47 Å². The summed E-state index contributed by atoms with van der Waals surface area (Å²) in [5, 5.41) is 5.73. The largest absolute Gasteiger partial charge is 0.462 e. The van der Waals surface area contributed by atoms with E-state index in [1.54, 1.807) is 6.92 Å². The molecule has 170 valence electrons. The molecule has 0 atom stereocenters. The van der Waals surface area contributed by atoms with Crippen LogP contribution in [0.4, 0.5) is 5.00 Å². The van der Waals surface area contributed by atoms with Crippen molar-refractivity contribution in [3.63, 3.8) is 0 Å². The number of nitrogens with one attached hydrogen (secondary N) is 2. The summed E-state index contributed by atoms with van der Waals surface area (Å²) in [6.07, 6.45) is 8.59. The fourth-order valence-electron chi connectivity index (χ4n) is 4.10. The Morgan fingerprint density at radius 3 is 2.48 bits per heavy atom. The number of hydrogen-bond donors (Lipinski definition) is 2. The molecule has 1 saturated carbocycles. The molecule has 9 heteroatoms. The number of anilines is 1. The van der Waals surface area contributed by atoms with Crippen molar-refractivity contribution in [2.45, 2.75) is 64.7 Å². The molecule has 0 spiro atoms. The van der Waals surface area contributed by atoms with Gasteiger partial charge in [-0.2, -0.15) is 0 Å². The van der Waals surface area contributed by atoms with Crippen molar-refractivity contribution in [2.24, 2.45) is 5.92 Å². The number of esters is 2. The van der Waals surface area contributed by atoms with Gasteiger partial charge in [0.1, 0.15) is 11.5 Å². The van der Waals surface area contributed by atoms with E-state index in [0.717, 1.165) is 68.2 Å². The average Bonchev–Trinajstić information content (AvgIpc) is 3.14. The third-order valence-corrected chi connectivity index (χ3v) is 6.86. The smallest absolute Gasteiger partial charge is 0.341 e. The molecule has 3 rings (SSSR count). The maximum Gasteiger partial charge on any atom is 0.341 e. The number of fused-ring (bicyclic) bond motifs is 1. The fourth-order valence-corrected chi connectivity index (χ4v) is 5.39. The molecule has 0 unspecified atom stereocenters. The Balaban J connectivity index is 1.50. The van der Waals surface area contributed by atoms with Crippen molar-refractivity contribution in [2.75, 3.05) is 25.1 Å². The van der Waals surface area contributed by atoms with Gasteiger partial charge in [-0.25, -0.2) is 4.79 Å². The van der Waals surface area contributed by atoms with Gasteiger partial charge in [0.15, 0.2) is 6.61 Å². The molecular formula is C22H30N2O6S. The first-order chi connectivity index (χ1) is 15.0. The SMILES string of the molecule is CCOC(=O)c1c(NC(=O)COC(=O)CNC(=O)C2CCCCC2)sc2c1CCCC2. The molecule has 0 aliphatic heterocycles. The highest BCUT2D eigenvalue weighted by atomic mass is 32.1. The first kappa shape index (κ1) is 23.2. The summed E-state index contributed by atoms with van der Waals surface area (Å²) >= 11 is 1.38. The van der Waals surface area contributed by atoms with E-state index in [-0.39, 0.29) is 25.0 Å². The summed E-state index contributed by atoms with van der Waals surface area (Å²) in [4.78, 5) is 49.9. The summed E-state index contributed by atoms with van der Waals surface area (Å²) in [5.41, 5.74) is 1.37. The van der Waals surface area contributed by atoms with Crippen LogP contribution in [0.5, 0.6) is 0 Å². The Labute approximate surface area is 186 Å². The van der Waals surface area contributed by atoms with Crippen LogP contribution >= 0.6 is 11.3 Å². The van der Waals surface area contributed by atoms with Gasteiger partial charge in [-0.15, -0.1) is 11.3 Å². The predicted molar refractivity (Wildman–Crippen MR) is 116 cm³/mol. The number of rotatable bonds is 8. The van der Waals surface area contributed by atoms with Crippen molar-refractivity contribution in [3.05, 3.63) is 16.0 Å². The van der Waals surface area contributed by atoms with Crippen LogP contribution in [-0.4, -0.2) is 43.5 Å². The lowest BCUT2D eigenvalue weighted by Crippen LogP contribution is -2.36. The second-order valence-electron chi connectivity index (χ2n) is 7.90. The number of aryl methyl sites for hydroxylation is 1. The van der Waals surface area contributed by atoms with Crippen LogP contribution in [-0.2, 0) is 36.7 Å². The molecule has 1 aromatic rings. The highest BCUT2D eigenvalue weighted by Gasteiger charge is 2.27. The minimum Gasteiger partial charge on any atom is -0.462 e. The molecule has 1 aromatic heterocycles. The van der Waals surface area contributed by atoms with Crippen LogP contribution in [0, 0.1) is 5.92 Å². The average molecular weight is 451 g/mol. The van der Waals surface area contributed by atoms with E-state index < -0.39 is 24.5 Å². The van der Waals surface area contributed by atoms with Crippen LogP contribution in [0.25, 0.3) is 0 Å². The third-order valence-electron chi connectivity index (χ3n) is 5.65. The number of carbonyl (C=O) groups excluding carboxylic acids is 4. The lowest BCUT2D eigenvalue weighted by molar-refractivity contribution is -0.147. The first-order valence-corrected chi connectivity index (χ1v) is 11.9. The molecule has 8 nitrogen and oxygen atoms in total. The third kappa shape index (κ3) is 6.29. The van der Waals surface area contributed by atoms with Gasteiger partial charge in [-0.3, -0.25) is 14.4 Å². The summed E-state index contributed by atoms with van der Waals surface area (Å²) in [7, 11) is 0. The van der Waals surface area contributed by atoms with E-state index in [0.29, 0.717) is 10.6 Å². The minimum absolute atomic E-state index is 0.0454. The normalized spacial score (nSPS) is 16.2. The highest BCUT2D eigenvalue weighted by Crippen LogP contribution is 2.38. The van der Waals surface area contributed by atoms with Gasteiger partial charge in [-0.1, -0.05) is 19.3 Å². The van der Waals surface area contributed by atoms with Gasteiger partial charge >= 0.3 is 11.9 Å². The highest BCUT2D eigenvalue weighted by molar-refractivity contribution is 7.17. The summed E-state index contributed by atoms with van der Waals surface area (Å²) < 4.78 is 10.2. The molecule has 0 bridgehead atoms. The molecular weight excluding hydrogens is 420 g/mol. The van der Waals surface area contributed by atoms with Gasteiger partial charge in [-0.05, 0) is 51.0 Å². The number of hydrogen-bond acceptors (Lipinski definition) is 7. The number of amides is 2. The van der Waals surface area contributed by atoms with Crippen molar-refractivity contribution in [1.29, 1.82) is 0 Å². The lowest BCUT2D eigenvalue weighted by atomic mass is 9.89. The molecule has 0 aromatic carbocycles. The Bertz CT molecular complexity index is 828. The predicted octanol–water partition coefficient (Wildman–Crippen LogP) is 2.98. The Morgan fingerprint density at radius 2 is 1.74 bits per heavy atom. The summed E-state index contributed by atoms with van der Waals surface area (Å²) in [6, 6.07) is 0.